The molecule has 1 heterocycles. The van der Waals surface area contributed by atoms with Crippen LogP contribution in [-0.2, 0) is 0 Å². The van der Waals surface area contributed by atoms with E-state index in [2.05, 4.69) is 4.98 Å². The molecule has 0 aliphatic carbocycles. The normalized spacial score (nSPS) is 10.5. The lowest BCUT2D eigenvalue weighted by Crippen LogP contribution is -2.03. The highest BCUT2D eigenvalue weighted by atomic mass is 19.3. The number of nitrogens with two attached hydrogens (primary N) is 1. The van der Waals surface area contributed by atoms with Gasteiger partial charge in [-0.2, -0.15) is 0 Å². The Labute approximate surface area is 73.6 Å². The summed E-state index contributed by atoms with van der Waals surface area (Å²) in [7, 11) is 0. The molecular weight excluding hydrogens is 178 g/mol. The highest BCUT2D eigenvalue weighted by molar-refractivity contribution is 5.85. The summed E-state index contributed by atoms with van der Waals surface area (Å²) in [6, 6.07) is 0. The molecule has 0 aliphatic heterocycles. The van der Waals surface area contributed by atoms with Gasteiger partial charge in [-0.05, 0) is 12.5 Å². The lowest BCUT2D eigenvalue weighted by molar-refractivity contribution is 0.112. The van der Waals surface area contributed by atoms with E-state index < -0.39 is 12.1 Å². The second-order valence-corrected chi connectivity index (χ2v) is 2.56. The molecule has 0 saturated carbocycles. The van der Waals surface area contributed by atoms with Gasteiger partial charge in [0.25, 0.3) is 6.43 Å². The Morgan fingerprint density at radius 3 is 2.69 bits per heavy atom. The smallest absolute Gasteiger partial charge is 0.280 e. The molecular formula is C8H8F2N2O. The van der Waals surface area contributed by atoms with E-state index in [1.54, 1.807) is 0 Å². The number of hydrogen-bond acceptors (Lipinski definition) is 3. The van der Waals surface area contributed by atoms with E-state index in [0.29, 0.717) is 6.29 Å². The molecule has 1 rings (SSSR count). The quantitative estimate of drug-likeness (QED) is 0.715. The lowest BCUT2D eigenvalue weighted by Gasteiger charge is -2.07. The van der Waals surface area contributed by atoms with Crippen LogP contribution in [0.1, 0.15) is 28.0 Å². The fraction of sp³-hybridized carbons (Fsp3) is 0.250. The van der Waals surface area contributed by atoms with Crippen LogP contribution in [0.3, 0.4) is 0 Å². The van der Waals surface area contributed by atoms with Crippen LogP contribution in [-0.4, -0.2) is 11.3 Å². The first kappa shape index (κ1) is 9.57. The third-order valence-electron chi connectivity index (χ3n) is 1.77. The van der Waals surface area contributed by atoms with Gasteiger partial charge in [-0.3, -0.25) is 9.78 Å². The summed E-state index contributed by atoms with van der Waals surface area (Å²) in [4.78, 5) is 13.9. The Hall–Kier alpha value is -1.52. The van der Waals surface area contributed by atoms with Crippen molar-refractivity contribution >= 4 is 12.0 Å². The average molecular weight is 186 g/mol. The first-order valence-electron chi connectivity index (χ1n) is 3.56. The number of nitrogen functional groups attached to an aromatic ring is 1. The van der Waals surface area contributed by atoms with Crippen molar-refractivity contribution in [2.75, 3.05) is 5.73 Å². The maximum Gasteiger partial charge on any atom is 0.280 e. The summed E-state index contributed by atoms with van der Waals surface area (Å²) >= 11 is 0. The molecule has 1 aromatic rings. The minimum atomic E-state index is -2.68. The third kappa shape index (κ3) is 1.63. The van der Waals surface area contributed by atoms with Crippen LogP contribution in [0.5, 0.6) is 0 Å². The number of aldehydes is 1. The van der Waals surface area contributed by atoms with E-state index >= 15 is 0 Å². The zero-order chi connectivity index (χ0) is 10.0. The number of nitrogens with zero attached hydrogens (tertiary/aromatic N) is 1. The molecule has 0 atom stereocenters. The molecule has 0 aromatic carbocycles. The zero-order valence-electron chi connectivity index (χ0n) is 6.92. The van der Waals surface area contributed by atoms with Gasteiger partial charge in [0.15, 0.2) is 6.29 Å². The van der Waals surface area contributed by atoms with Crippen molar-refractivity contribution in [1.82, 2.24) is 4.98 Å². The summed E-state index contributed by atoms with van der Waals surface area (Å²) < 4.78 is 24.5. The van der Waals surface area contributed by atoms with Crippen molar-refractivity contribution in [3.05, 3.63) is 23.0 Å². The lowest BCUT2D eigenvalue weighted by atomic mass is 10.1. The zero-order valence-corrected chi connectivity index (χ0v) is 6.92. The van der Waals surface area contributed by atoms with Crippen LogP contribution in [0.15, 0.2) is 6.20 Å². The van der Waals surface area contributed by atoms with Gasteiger partial charge >= 0.3 is 0 Å². The van der Waals surface area contributed by atoms with Gasteiger partial charge < -0.3 is 5.73 Å². The SMILES string of the molecule is Cc1c(C(F)F)ncc(N)c1C=O. The predicted octanol–water partition coefficient (Wildman–Crippen LogP) is 1.72. The highest BCUT2D eigenvalue weighted by Crippen LogP contribution is 2.24. The number of carbonyl (C=O) groups excluding carboxylic acids is 1. The summed E-state index contributed by atoms with van der Waals surface area (Å²) in [5, 5.41) is 0. The van der Waals surface area contributed by atoms with Crippen LogP contribution in [0, 0.1) is 6.92 Å². The van der Waals surface area contributed by atoms with Gasteiger partial charge in [-0.1, -0.05) is 0 Å². The van der Waals surface area contributed by atoms with E-state index in [0.717, 1.165) is 6.20 Å². The molecule has 1 aromatic heterocycles. The molecule has 0 amide bonds. The maximum atomic E-state index is 12.3. The summed E-state index contributed by atoms with van der Waals surface area (Å²) in [5.74, 6) is 0. The van der Waals surface area contributed by atoms with Crippen molar-refractivity contribution < 1.29 is 13.6 Å². The number of alkyl halides is 2. The largest absolute Gasteiger partial charge is 0.397 e. The third-order valence-corrected chi connectivity index (χ3v) is 1.77. The monoisotopic (exact) mass is 186 g/mol. The molecule has 0 spiro atoms. The highest BCUT2D eigenvalue weighted by Gasteiger charge is 2.16. The molecule has 70 valence electrons. The Kier molecular flexibility index (Phi) is 2.55. The van der Waals surface area contributed by atoms with Crippen molar-refractivity contribution in [2.24, 2.45) is 0 Å². The summed E-state index contributed by atoms with van der Waals surface area (Å²) in [6.07, 6.45) is -1.16. The van der Waals surface area contributed by atoms with Gasteiger partial charge in [0, 0.05) is 5.56 Å². The number of pyridine rings is 1. The van der Waals surface area contributed by atoms with Gasteiger partial charge in [0.05, 0.1) is 11.9 Å². The second kappa shape index (κ2) is 3.47. The number of aromatic nitrogens is 1. The van der Waals surface area contributed by atoms with Crippen molar-refractivity contribution in [3.8, 4) is 0 Å². The standard InChI is InChI=1S/C8H8F2N2O/c1-4-5(3-13)6(11)2-12-7(4)8(9)10/h2-3,8H,11H2,1H3. The Bertz CT molecular complexity index is 339. The molecule has 0 unspecified atom stereocenters. The Morgan fingerprint density at radius 2 is 2.23 bits per heavy atom. The minimum Gasteiger partial charge on any atom is -0.397 e. The fourth-order valence-electron chi connectivity index (χ4n) is 1.04. The first-order valence-corrected chi connectivity index (χ1v) is 3.56. The Morgan fingerprint density at radius 1 is 1.62 bits per heavy atom. The number of halogens is 2. The van der Waals surface area contributed by atoms with Gasteiger partial charge in [0.1, 0.15) is 5.69 Å². The summed E-state index contributed by atoms with van der Waals surface area (Å²) in [5.41, 5.74) is 5.32. The van der Waals surface area contributed by atoms with E-state index in [1.807, 2.05) is 0 Å². The number of hydrogen-bond donors (Lipinski definition) is 1. The number of rotatable bonds is 2. The van der Waals surface area contributed by atoms with Crippen molar-refractivity contribution in [2.45, 2.75) is 13.3 Å². The molecule has 0 fully saturated rings. The second-order valence-electron chi connectivity index (χ2n) is 2.56. The summed E-state index contributed by atoms with van der Waals surface area (Å²) in [6.45, 7) is 1.40. The fourth-order valence-corrected chi connectivity index (χ4v) is 1.04. The van der Waals surface area contributed by atoms with Gasteiger partial charge in [-0.15, -0.1) is 0 Å². The van der Waals surface area contributed by atoms with Crippen molar-refractivity contribution in [3.63, 3.8) is 0 Å². The van der Waals surface area contributed by atoms with Crippen molar-refractivity contribution in [1.29, 1.82) is 0 Å². The van der Waals surface area contributed by atoms with E-state index in [4.69, 9.17) is 5.73 Å². The molecule has 13 heavy (non-hydrogen) atoms. The molecule has 5 heteroatoms. The van der Waals surface area contributed by atoms with Gasteiger partial charge in [0.2, 0.25) is 0 Å². The van der Waals surface area contributed by atoms with E-state index in [1.165, 1.54) is 6.92 Å². The topological polar surface area (TPSA) is 56.0 Å². The van der Waals surface area contributed by atoms with Crippen LogP contribution in [0.4, 0.5) is 14.5 Å². The molecule has 2 N–H and O–H groups in total. The molecule has 0 saturated heterocycles. The number of carbonyl (C=O) groups is 1. The number of anilines is 1. The molecule has 0 radical (unpaired) electrons. The van der Waals surface area contributed by atoms with E-state index in [9.17, 15) is 13.6 Å². The molecule has 0 aliphatic rings. The van der Waals surface area contributed by atoms with Crippen LogP contribution >= 0.6 is 0 Å². The van der Waals surface area contributed by atoms with Crippen LogP contribution < -0.4 is 5.73 Å². The van der Waals surface area contributed by atoms with Crippen LogP contribution in [0.2, 0.25) is 0 Å². The van der Waals surface area contributed by atoms with Gasteiger partial charge in [-0.25, -0.2) is 8.78 Å². The predicted molar refractivity (Wildman–Crippen MR) is 43.7 cm³/mol. The first-order chi connectivity index (χ1) is 6.07. The maximum absolute atomic E-state index is 12.3. The molecule has 3 nitrogen and oxygen atoms in total. The molecule has 0 bridgehead atoms. The Balaban J connectivity index is 3.35. The van der Waals surface area contributed by atoms with Crippen LogP contribution in [0.25, 0.3) is 0 Å². The minimum absolute atomic E-state index is 0.0882. The van der Waals surface area contributed by atoms with E-state index in [-0.39, 0.29) is 16.8 Å². The average Bonchev–Trinajstić information content (AvgIpc) is 2.04.